The van der Waals surface area contributed by atoms with Crippen molar-refractivity contribution in [2.75, 3.05) is 13.7 Å². The van der Waals surface area contributed by atoms with Crippen LogP contribution in [0.5, 0.6) is 5.75 Å². The molecule has 1 heterocycles. The Kier molecular flexibility index (Phi) is 4.74. The zero-order valence-electron chi connectivity index (χ0n) is 13.1. The molecule has 0 unspecified atom stereocenters. The molecular formula is C19H20N2O2. The zero-order valence-corrected chi connectivity index (χ0v) is 13.1. The molecule has 4 nitrogen and oxygen atoms in total. The standard InChI is InChI=1S/C19H20N2O2/c1-23-17-4-2-3-15(11-17)13-20-10-9-14-5-6-16-7-8-19(22)21-18(16)12-14/h2-8,11-12,20H,9-10,13H2,1H3,(H,21,22). The number of aromatic nitrogens is 1. The van der Waals surface area contributed by atoms with Gasteiger partial charge in [-0.2, -0.15) is 0 Å². The normalized spacial score (nSPS) is 10.8. The summed E-state index contributed by atoms with van der Waals surface area (Å²) in [5.74, 6) is 0.878. The molecule has 0 amide bonds. The van der Waals surface area contributed by atoms with Crippen LogP contribution in [-0.4, -0.2) is 18.6 Å². The third kappa shape index (κ3) is 3.99. The number of ether oxygens (including phenoxy) is 1. The van der Waals surface area contributed by atoms with Crippen LogP contribution in [0.1, 0.15) is 11.1 Å². The highest BCUT2D eigenvalue weighted by Gasteiger charge is 1.99. The molecule has 0 saturated heterocycles. The Hall–Kier alpha value is -2.59. The maximum atomic E-state index is 11.4. The molecule has 1 aromatic heterocycles. The number of benzene rings is 2. The molecule has 0 aliphatic carbocycles. The third-order valence-electron chi connectivity index (χ3n) is 3.84. The summed E-state index contributed by atoms with van der Waals surface area (Å²) in [5, 5.41) is 4.49. The van der Waals surface area contributed by atoms with Crippen molar-refractivity contribution in [2.45, 2.75) is 13.0 Å². The SMILES string of the molecule is COc1cccc(CNCCc2ccc3ccc(=O)[nH]c3c2)c1. The van der Waals surface area contributed by atoms with E-state index in [9.17, 15) is 4.79 Å². The number of pyridine rings is 1. The highest BCUT2D eigenvalue weighted by Crippen LogP contribution is 2.13. The van der Waals surface area contributed by atoms with Crippen LogP contribution in [-0.2, 0) is 13.0 Å². The van der Waals surface area contributed by atoms with E-state index in [4.69, 9.17) is 4.74 Å². The second-order valence-corrected chi connectivity index (χ2v) is 5.52. The van der Waals surface area contributed by atoms with Gasteiger partial charge in [0.25, 0.3) is 0 Å². The summed E-state index contributed by atoms with van der Waals surface area (Å²) in [4.78, 5) is 14.3. The van der Waals surface area contributed by atoms with Crippen LogP contribution in [0, 0.1) is 0 Å². The van der Waals surface area contributed by atoms with Gasteiger partial charge in [0.05, 0.1) is 7.11 Å². The van der Waals surface area contributed by atoms with E-state index in [1.165, 1.54) is 11.1 Å². The molecule has 0 atom stereocenters. The Morgan fingerprint density at radius 2 is 1.91 bits per heavy atom. The number of methoxy groups -OCH3 is 1. The van der Waals surface area contributed by atoms with Crippen molar-refractivity contribution in [1.82, 2.24) is 10.3 Å². The second-order valence-electron chi connectivity index (χ2n) is 5.52. The smallest absolute Gasteiger partial charge is 0.248 e. The Bertz CT molecular complexity index is 855. The molecule has 0 aliphatic heterocycles. The summed E-state index contributed by atoms with van der Waals surface area (Å²) in [6.45, 7) is 1.68. The van der Waals surface area contributed by atoms with Crippen LogP contribution in [0.25, 0.3) is 10.9 Å². The van der Waals surface area contributed by atoms with Crippen LogP contribution >= 0.6 is 0 Å². The van der Waals surface area contributed by atoms with Gasteiger partial charge in [-0.3, -0.25) is 4.79 Å². The van der Waals surface area contributed by atoms with Gasteiger partial charge in [-0.25, -0.2) is 0 Å². The molecule has 0 fully saturated rings. The van der Waals surface area contributed by atoms with Gasteiger partial charge in [-0.05, 0) is 53.7 Å². The first-order valence-corrected chi connectivity index (χ1v) is 7.70. The third-order valence-corrected chi connectivity index (χ3v) is 3.84. The van der Waals surface area contributed by atoms with E-state index in [2.05, 4.69) is 22.4 Å². The predicted molar refractivity (Wildman–Crippen MR) is 93.0 cm³/mol. The van der Waals surface area contributed by atoms with Crippen LogP contribution < -0.4 is 15.6 Å². The fourth-order valence-corrected chi connectivity index (χ4v) is 2.60. The maximum absolute atomic E-state index is 11.4. The number of nitrogens with one attached hydrogen (secondary N) is 2. The highest BCUT2D eigenvalue weighted by atomic mass is 16.5. The lowest BCUT2D eigenvalue weighted by Gasteiger charge is -2.07. The molecule has 0 saturated carbocycles. The molecule has 23 heavy (non-hydrogen) atoms. The Morgan fingerprint density at radius 1 is 1.04 bits per heavy atom. The lowest BCUT2D eigenvalue weighted by molar-refractivity contribution is 0.414. The minimum Gasteiger partial charge on any atom is -0.497 e. The predicted octanol–water partition coefficient (Wildman–Crippen LogP) is 2.87. The Morgan fingerprint density at radius 3 is 2.78 bits per heavy atom. The van der Waals surface area contributed by atoms with E-state index in [0.29, 0.717) is 0 Å². The summed E-state index contributed by atoms with van der Waals surface area (Å²) in [5.41, 5.74) is 3.23. The van der Waals surface area contributed by atoms with Gasteiger partial charge in [-0.1, -0.05) is 24.3 Å². The fraction of sp³-hybridized carbons (Fsp3) is 0.211. The first-order valence-electron chi connectivity index (χ1n) is 7.70. The van der Waals surface area contributed by atoms with Gasteiger partial charge in [0.2, 0.25) is 5.56 Å². The molecule has 0 radical (unpaired) electrons. The summed E-state index contributed by atoms with van der Waals surface area (Å²) in [6, 6.07) is 17.6. The van der Waals surface area contributed by atoms with E-state index in [0.717, 1.165) is 36.2 Å². The van der Waals surface area contributed by atoms with Gasteiger partial charge < -0.3 is 15.0 Å². The van der Waals surface area contributed by atoms with Gasteiger partial charge in [0.15, 0.2) is 0 Å². The summed E-state index contributed by atoms with van der Waals surface area (Å²) in [7, 11) is 1.68. The fourth-order valence-electron chi connectivity index (χ4n) is 2.60. The van der Waals surface area contributed by atoms with Gasteiger partial charge in [-0.15, -0.1) is 0 Å². The van der Waals surface area contributed by atoms with E-state index in [-0.39, 0.29) is 5.56 Å². The Labute approximate surface area is 135 Å². The van der Waals surface area contributed by atoms with Gasteiger partial charge in [0.1, 0.15) is 5.75 Å². The maximum Gasteiger partial charge on any atom is 0.248 e. The minimum absolute atomic E-state index is 0.0641. The van der Waals surface area contributed by atoms with Crippen molar-refractivity contribution >= 4 is 10.9 Å². The molecule has 0 bridgehead atoms. The number of hydrogen-bond acceptors (Lipinski definition) is 3. The van der Waals surface area contributed by atoms with Crippen LogP contribution in [0.15, 0.2) is 59.4 Å². The van der Waals surface area contributed by atoms with Crippen LogP contribution in [0.2, 0.25) is 0 Å². The largest absolute Gasteiger partial charge is 0.497 e. The van der Waals surface area contributed by atoms with E-state index < -0.39 is 0 Å². The number of fused-ring (bicyclic) bond motifs is 1. The monoisotopic (exact) mass is 308 g/mol. The highest BCUT2D eigenvalue weighted by molar-refractivity contribution is 5.78. The lowest BCUT2D eigenvalue weighted by Crippen LogP contribution is -2.16. The average Bonchev–Trinajstić information content (AvgIpc) is 2.58. The molecule has 3 rings (SSSR count). The molecule has 2 aromatic carbocycles. The Balaban J connectivity index is 1.57. The quantitative estimate of drug-likeness (QED) is 0.689. The van der Waals surface area contributed by atoms with Crippen LogP contribution in [0.4, 0.5) is 0 Å². The van der Waals surface area contributed by atoms with Crippen molar-refractivity contribution < 1.29 is 4.74 Å². The average molecular weight is 308 g/mol. The first kappa shape index (κ1) is 15.3. The van der Waals surface area contributed by atoms with Crippen molar-refractivity contribution in [3.05, 3.63) is 76.1 Å². The number of hydrogen-bond donors (Lipinski definition) is 2. The summed E-state index contributed by atoms with van der Waals surface area (Å²) >= 11 is 0. The summed E-state index contributed by atoms with van der Waals surface area (Å²) in [6.07, 6.45) is 0.914. The van der Waals surface area contributed by atoms with Crippen LogP contribution in [0.3, 0.4) is 0 Å². The van der Waals surface area contributed by atoms with Crippen molar-refractivity contribution in [3.63, 3.8) is 0 Å². The molecule has 4 heteroatoms. The number of H-pyrrole nitrogens is 1. The zero-order chi connectivity index (χ0) is 16.1. The first-order chi connectivity index (χ1) is 11.2. The minimum atomic E-state index is -0.0641. The molecule has 0 spiro atoms. The molecular weight excluding hydrogens is 288 g/mol. The van der Waals surface area contributed by atoms with E-state index >= 15 is 0 Å². The topological polar surface area (TPSA) is 54.1 Å². The van der Waals surface area contributed by atoms with Crippen molar-refractivity contribution in [2.24, 2.45) is 0 Å². The van der Waals surface area contributed by atoms with Crippen molar-refractivity contribution in [3.8, 4) is 5.75 Å². The van der Waals surface area contributed by atoms with Gasteiger partial charge in [0, 0.05) is 18.1 Å². The van der Waals surface area contributed by atoms with E-state index in [1.807, 2.05) is 36.4 Å². The number of rotatable bonds is 6. The second kappa shape index (κ2) is 7.11. The molecule has 0 aliphatic rings. The lowest BCUT2D eigenvalue weighted by atomic mass is 10.1. The molecule has 2 N–H and O–H groups in total. The summed E-state index contributed by atoms with van der Waals surface area (Å²) < 4.78 is 5.22. The number of aromatic amines is 1. The van der Waals surface area contributed by atoms with E-state index in [1.54, 1.807) is 13.2 Å². The molecule has 3 aromatic rings. The molecule has 118 valence electrons. The van der Waals surface area contributed by atoms with Gasteiger partial charge >= 0.3 is 0 Å². The van der Waals surface area contributed by atoms with Crippen molar-refractivity contribution in [1.29, 1.82) is 0 Å².